The molecule has 0 amide bonds. The van der Waals surface area contributed by atoms with E-state index in [4.69, 9.17) is 0 Å². The molecule has 2 aliphatic rings. The normalized spacial score (nSPS) is 32.9. The topological polar surface area (TPSA) is 15.3 Å². The second kappa shape index (κ2) is 6.02. The van der Waals surface area contributed by atoms with Crippen LogP contribution in [0, 0.1) is 11.3 Å². The standard InChI is InChI=1S/C18H30N2S/c1-13-15-8-11-21-16(15)7-10-20(13)12-14-6-5-9-18(2,3)17(14)19-4/h8,11,13-14,17,19H,5-7,9-10,12H2,1-4H3. The lowest BCUT2D eigenvalue weighted by Gasteiger charge is -2.47. The fraction of sp³-hybridized carbons (Fsp3) is 0.778. The van der Waals surface area contributed by atoms with Crippen molar-refractivity contribution >= 4 is 11.3 Å². The molecule has 118 valence electrons. The fourth-order valence-electron chi connectivity index (χ4n) is 4.72. The Morgan fingerprint density at radius 1 is 1.43 bits per heavy atom. The van der Waals surface area contributed by atoms with Gasteiger partial charge >= 0.3 is 0 Å². The Hall–Kier alpha value is -0.380. The molecule has 1 aromatic rings. The lowest BCUT2D eigenvalue weighted by atomic mass is 9.67. The maximum Gasteiger partial charge on any atom is 0.0331 e. The molecule has 3 rings (SSSR count). The fourth-order valence-corrected chi connectivity index (χ4v) is 5.68. The minimum atomic E-state index is 0.435. The van der Waals surface area contributed by atoms with E-state index in [2.05, 4.69) is 49.5 Å². The molecule has 0 bridgehead atoms. The first-order valence-electron chi connectivity index (χ1n) is 8.50. The summed E-state index contributed by atoms with van der Waals surface area (Å²) in [6.07, 6.45) is 5.38. The van der Waals surface area contributed by atoms with Crippen LogP contribution in [-0.4, -0.2) is 31.1 Å². The van der Waals surface area contributed by atoms with Gasteiger partial charge in [0.1, 0.15) is 0 Å². The van der Waals surface area contributed by atoms with E-state index in [0.29, 0.717) is 17.5 Å². The Kier molecular flexibility index (Phi) is 4.45. The van der Waals surface area contributed by atoms with Crippen molar-refractivity contribution in [1.82, 2.24) is 10.2 Å². The van der Waals surface area contributed by atoms with E-state index in [1.54, 1.807) is 10.4 Å². The van der Waals surface area contributed by atoms with Crippen molar-refractivity contribution in [2.24, 2.45) is 11.3 Å². The minimum absolute atomic E-state index is 0.435. The molecule has 2 nitrogen and oxygen atoms in total. The molecular formula is C18H30N2S. The van der Waals surface area contributed by atoms with Crippen LogP contribution in [0.2, 0.25) is 0 Å². The molecule has 3 unspecified atom stereocenters. The van der Waals surface area contributed by atoms with Crippen LogP contribution in [0.5, 0.6) is 0 Å². The summed E-state index contributed by atoms with van der Waals surface area (Å²) in [7, 11) is 2.15. The number of rotatable bonds is 3. The summed E-state index contributed by atoms with van der Waals surface area (Å²) in [4.78, 5) is 4.35. The van der Waals surface area contributed by atoms with E-state index in [9.17, 15) is 0 Å². The maximum atomic E-state index is 3.64. The molecular weight excluding hydrogens is 276 g/mol. The van der Waals surface area contributed by atoms with Crippen molar-refractivity contribution in [1.29, 1.82) is 0 Å². The Morgan fingerprint density at radius 2 is 2.24 bits per heavy atom. The highest BCUT2D eigenvalue weighted by atomic mass is 32.1. The SMILES string of the molecule is CNC1C(CN2CCc3sccc3C2C)CCCC1(C)C. The van der Waals surface area contributed by atoms with E-state index in [-0.39, 0.29) is 0 Å². The average molecular weight is 307 g/mol. The first kappa shape index (κ1) is 15.5. The zero-order valence-electron chi connectivity index (χ0n) is 14.0. The van der Waals surface area contributed by atoms with Gasteiger partial charge in [-0.2, -0.15) is 0 Å². The molecule has 1 aromatic heterocycles. The van der Waals surface area contributed by atoms with Gasteiger partial charge in [0, 0.05) is 30.1 Å². The van der Waals surface area contributed by atoms with Gasteiger partial charge < -0.3 is 5.32 Å². The van der Waals surface area contributed by atoms with Crippen LogP contribution in [-0.2, 0) is 6.42 Å². The highest BCUT2D eigenvalue weighted by Gasteiger charge is 2.39. The van der Waals surface area contributed by atoms with Crippen LogP contribution in [0.4, 0.5) is 0 Å². The highest BCUT2D eigenvalue weighted by molar-refractivity contribution is 7.10. The van der Waals surface area contributed by atoms with E-state index in [0.717, 1.165) is 5.92 Å². The molecule has 1 aliphatic carbocycles. The first-order valence-corrected chi connectivity index (χ1v) is 9.38. The Balaban J connectivity index is 1.71. The molecule has 21 heavy (non-hydrogen) atoms. The van der Waals surface area contributed by atoms with Crippen LogP contribution in [0.1, 0.15) is 56.5 Å². The van der Waals surface area contributed by atoms with Crippen molar-refractivity contribution in [3.8, 4) is 0 Å². The second-order valence-corrected chi connectivity index (χ2v) is 8.63. The van der Waals surface area contributed by atoms with E-state index < -0.39 is 0 Å². The summed E-state index contributed by atoms with van der Waals surface area (Å²) < 4.78 is 0. The predicted octanol–water partition coefficient (Wildman–Crippen LogP) is 4.08. The van der Waals surface area contributed by atoms with Gasteiger partial charge in [0.15, 0.2) is 0 Å². The Bertz CT molecular complexity index is 479. The molecule has 1 fully saturated rings. The zero-order chi connectivity index (χ0) is 15.0. The lowest BCUT2D eigenvalue weighted by molar-refractivity contribution is 0.0684. The highest BCUT2D eigenvalue weighted by Crippen LogP contribution is 2.41. The minimum Gasteiger partial charge on any atom is -0.316 e. The van der Waals surface area contributed by atoms with E-state index in [1.807, 2.05) is 11.3 Å². The number of thiophene rings is 1. The van der Waals surface area contributed by atoms with Gasteiger partial charge in [-0.3, -0.25) is 4.90 Å². The summed E-state index contributed by atoms with van der Waals surface area (Å²) in [6.45, 7) is 9.77. The first-order chi connectivity index (χ1) is 10.0. The smallest absolute Gasteiger partial charge is 0.0331 e. The third kappa shape index (κ3) is 2.93. The molecule has 0 spiro atoms. The molecule has 2 heterocycles. The van der Waals surface area contributed by atoms with Gasteiger partial charge in [-0.15, -0.1) is 11.3 Å². The van der Waals surface area contributed by atoms with Gasteiger partial charge in [-0.25, -0.2) is 0 Å². The predicted molar refractivity (Wildman–Crippen MR) is 92.0 cm³/mol. The molecule has 0 aromatic carbocycles. The van der Waals surface area contributed by atoms with Crippen molar-refractivity contribution < 1.29 is 0 Å². The van der Waals surface area contributed by atoms with Crippen LogP contribution >= 0.6 is 11.3 Å². The Labute approximate surface area is 133 Å². The molecule has 3 atom stereocenters. The van der Waals surface area contributed by atoms with E-state index >= 15 is 0 Å². The van der Waals surface area contributed by atoms with Crippen LogP contribution in [0.3, 0.4) is 0 Å². The van der Waals surface area contributed by atoms with Crippen LogP contribution in [0.25, 0.3) is 0 Å². The summed E-state index contributed by atoms with van der Waals surface area (Å²) in [5, 5.41) is 5.91. The number of fused-ring (bicyclic) bond motifs is 1. The summed E-state index contributed by atoms with van der Waals surface area (Å²) in [6, 6.07) is 3.60. The lowest BCUT2D eigenvalue weighted by Crippen LogP contribution is -2.52. The third-order valence-corrected chi connectivity index (χ3v) is 6.89. The van der Waals surface area contributed by atoms with Crippen LogP contribution in [0.15, 0.2) is 11.4 Å². The third-order valence-electron chi connectivity index (χ3n) is 5.89. The van der Waals surface area contributed by atoms with E-state index in [1.165, 1.54) is 38.8 Å². The monoisotopic (exact) mass is 306 g/mol. The summed E-state index contributed by atoms with van der Waals surface area (Å²) in [5.74, 6) is 0.793. The number of nitrogens with one attached hydrogen (secondary N) is 1. The molecule has 3 heteroatoms. The maximum absolute atomic E-state index is 3.64. The number of hydrogen-bond acceptors (Lipinski definition) is 3. The average Bonchev–Trinajstić information content (AvgIpc) is 2.90. The number of nitrogens with zero attached hydrogens (tertiary/aromatic N) is 1. The van der Waals surface area contributed by atoms with Crippen molar-refractivity contribution in [2.75, 3.05) is 20.1 Å². The van der Waals surface area contributed by atoms with Crippen molar-refractivity contribution in [3.63, 3.8) is 0 Å². The largest absolute Gasteiger partial charge is 0.316 e. The molecule has 1 N–H and O–H groups in total. The molecule has 1 aliphatic heterocycles. The van der Waals surface area contributed by atoms with Gasteiger partial charge in [0.25, 0.3) is 0 Å². The van der Waals surface area contributed by atoms with Crippen molar-refractivity contribution in [3.05, 3.63) is 21.9 Å². The van der Waals surface area contributed by atoms with Gasteiger partial charge in [0.2, 0.25) is 0 Å². The quantitative estimate of drug-likeness (QED) is 0.905. The molecule has 0 saturated heterocycles. The van der Waals surface area contributed by atoms with Gasteiger partial charge in [-0.05, 0) is 61.6 Å². The van der Waals surface area contributed by atoms with Crippen LogP contribution < -0.4 is 5.32 Å². The second-order valence-electron chi connectivity index (χ2n) is 7.63. The molecule has 0 radical (unpaired) electrons. The number of hydrogen-bond donors (Lipinski definition) is 1. The summed E-state index contributed by atoms with van der Waals surface area (Å²) >= 11 is 1.94. The Morgan fingerprint density at radius 3 is 3.00 bits per heavy atom. The van der Waals surface area contributed by atoms with Gasteiger partial charge in [-0.1, -0.05) is 20.3 Å². The van der Waals surface area contributed by atoms with Gasteiger partial charge in [0.05, 0.1) is 0 Å². The summed E-state index contributed by atoms with van der Waals surface area (Å²) in [5.41, 5.74) is 2.02. The molecule has 1 saturated carbocycles. The van der Waals surface area contributed by atoms with Crippen molar-refractivity contribution in [2.45, 2.75) is 58.5 Å². The zero-order valence-corrected chi connectivity index (χ0v) is 14.8.